The van der Waals surface area contributed by atoms with Crippen LogP contribution in [0.15, 0.2) is 212 Å². The van der Waals surface area contributed by atoms with Crippen molar-refractivity contribution in [3.8, 4) is 61.8 Å². The molecular weight excluding hydrogens is 1030 g/mol. The predicted octanol–water partition coefficient (Wildman–Crippen LogP) is 22.1. The van der Waals surface area contributed by atoms with Crippen LogP contribution in [0.25, 0.3) is 72.1 Å². The van der Waals surface area contributed by atoms with E-state index in [1.165, 1.54) is 11.8 Å². The lowest BCUT2D eigenvalue weighted by molar-refractivity contribution is 0.332. The van der Waals surface area contributed by atoms with Crippen molar-refractivity contribution in [2.75, 3.05) is 16.5 Å². The van der Waals surface area contributed by atoms with Gasteiger partial charge in [0.05, 0.1) is 44.5 Å². The number of nitrogens with zero attached hydrogens (tertiary/aromatic N) is 4. The quantitative estimate of drug-likeness (QED) is 0.144. The Balaban J connectivity index is 0.955. The van der Waals surface area contributed by atoms with Gasteiger partial charge < -0.3 is 14.5 Å². The number of hydrogen-bond donors (Lipinski definition) is 0. The number of aromatic nitrogens is 2. The largest absolute Gasteiger partial charge is 0.457 e. The molecule has 13 rings (SSSR count). The van der Waals surface area contributed by atoms with Gasteiger partial charge in [0.2, 0.25) is 0 Å². The third-order valence-corrected chi connectivity index (χ3v) is 17.5. The van der Waals surface area contributed by atoms with Crippen molar-refractivity contribution in [2.24, 2.45) is 0 Å². The average Bonchev–Trinajstić information content (AvgIpc) is 1.72. The first-order valence-corrected chi connectivity index (χ1v) is 29.6. The van der Waals surface area contributed by atoms with Crippen LogP contribution in [0.3, 0.4) is 0 Å². The van der Waals surface area contributed by atoms with Crippen molar-refractivity contribution in [3.05, 3.63) is 240 Å². The molecule has 2 aliphatic rings. The maximum Gasteiger partial charge on any atom is 0.137 e. The summed E-state index contributed by atoms with van der Waals surface area (Å²) in [7, 11) is 0. The monoisotopic (exact) mass is 1120 g/mol. The van der Waals surface area contributed by atoms with Gasteiger partial charge in [-0.1, -0.05) is 223 Å². The number of hydrogen-bond acceptors (Lipinski definition) is 4. The molecule has 0 atom stereocenters. The van der Waals surface area contributed by atoms with Crippen molar-refractivity contribution in [2.45, 2.75) is 130 Å². The Kier molecular flexibility index (Phi) is 10.4. The van der Waals surface area contributed by atoms with E-state index in [-0.39, 0.29) is 75.4 Å². The highest BCUT2D eigenvalue weighted by Crippen LogP contribution is 2.54. The number of anilines is 4. The second-order valence-electron chi connectivity index (χ2n) is 27.5. The van der Waals surface area contributed by atoms with Gasteiger partial charge >= 0.3 is 0 Å². The van der Waals surface area contributed by atoms with Crippen LogP contribution in [0.2, 0.25) is 0 Å². The van der Waals surface area contributed by atoms with E-state index >= 15 is 0 Å². The Labute approximate surface area is 521 Å². The van der Waals surface area contributed by atoms with Gasteiger partial charge in [0, 0.05) is 51.5 Å². The van der Waals surface area contributed by atoms with Crippen LogP contribution in [-0.4, -0.2) is 16.2 Å². The van der Waals surface area contributed by atoms with Gasteiger partial charge in [0.25, 0.3) is 0 Å². The van der Waals surface area contributed by atoms with Crippen molar-refractivity contribution < 1.29 is 21.2 Å². The van der Waals surface area contributed by atoms with Gasteiger partial charge in [-0.2, -0.15) is 0 Å². The van der Waals surface area contributed by atoms with Crippen molar-refractivity contribution in [1.82, 2.24) is 9.55 Å². The molecular formula is C80H80N4O. The molecule has 1 aliphatic heterocycles. The molecule has 85 heavy (non-hydrogen) atoms. The van der Waals surface area contributed by atoms with Crippen molar-refractivity contribution in [3.63, 3.8) is 0 Å². The summed E-state index contributed by atoms with van der Waals surface area (Å²) in [6.07, 6.45) is 3.15. The van der Waals surface area contributed by atoms with Crippen LogP contribution in [0, 0.1) is 0 Å². The van der Waals surface area contributed by atoms with Gasteiger partial charge in [0.1, 0.15) is 24.0 Å². The molecule has 11 aromatic rings. The number of benzene rings is 9. The van der Waals surface area contributed by atoms with Crippen LogP contribution < -0.4 is 14.5 Å². The Morgan fingerprint density at radius 2 is 1.08 bits per heavy atom. The Bertz CT molecular complexity index is 5060. The van der Waals surface area contributed by atoms with E-state index in [1.807, 2.05) is 57.2 Å². The molecule has 3 heterocycles. The van der Waals surface area contributed by atoms with Crippen molar-refractivity contribution in [1.29, 1.82) is 0 Å². The second kappa shape index (κ2) is 20.5. The zero-order valence-corrected chi connectivity index (χ0v) is 51.1. The van der Waals surface area contributed by atoms with Gasteiger partial charge in [-0.3, -0.25) is 4.57 Å². The third-order valence-electron chi connectivity index (χ3n) is 17.5. The smallest absolute Gasteiger partial charge is 0.137 e. The first-order chi connectivity index (χ1) is 45.5. The van der Waals surface area contributed by atoms with E-state index in [0.29, 0.717) is 51.3 Å². The van der Waals surface area contributed by atoms with E-state index in [9.17, 15) is 6.85 Å². The molecule has 9 aromatic carbocycles. The molecule has 2 aromatic heterocycles. The fraction of sp³-hybridized carbons (Fsp3) is 0.263. The summed E-state index contributed by atoms with van der Waals surface area (Å²) in [6, 6.07) is 42.0. The highest BCUT2D eigenvalue weighted by atomic mass is 16.5. The number of fused-ring (bicyclic) bond motifs is 5. The molecule has 0 saturated carbocycles. The molecule has 0 N–H and O–H groups in total. The molecule has 426 valence electrons. The number of rotatable bonds is 9. The van der Waals surface area contributed by atoms with Crippen LogP contribution in [0.4, 0.5) is 22.7 Å². The molecule has 0 radical (unpaired) electrons. The van der Waals surface area contributed by atoms with Crippen LogP contribution >= 0.6 is 0 Å². The van der Waals surface area contributed by atoms with E-state index in [0.717, 1.165) is 74.5 Å². The lowest BCUT2D eigenvalue weighted by atomic mass is 9.63. The van der Waals surface area contributed by atoms with Crippen LogP contribution in [0.1, 0.15) is 147 Å². The zero-order chi connectivity index (χ0) is 69.8. The van der Waals surface area contributed by atoms with E-state index in [1.54, 1.807) is 28.8 Å². The molecule has 0 unspecified atom stereocenters. The van der Waals surface area contributed by atoms with Crippen molar-refractivity contribution >= 4 is 44.6 Å². The average molecular weight is 1130 g/mol. The van der Waals surface area contributed by atoms with Gasteiger partial charge in [-0.05, 0) is 156 Å². The lowest BCUT2D eigenvalue weighted by Crippen LogP contribution is -2.33. The van der Waals surface area contributed by atoms with Gasteiger partial charge in [-0.25, -0.2) is 4.98 Å². The van der Waals surface area contributed by atoms with E-state index in [4.69, 9.17) is 19.3 Å². The standard InChI is InChI=1S/C80H80N4O/c1-76(2,3)57-37-34-53(35-38-57)52-30-32-55(33-31-52)64-45-58(77(4,5)6)46-65(56-36-41-67-69(44-56)80(12,13)43-42-79(67,10)11)75(64)83-51-82(71-28-19-20-29-72(71)83)59-24-21-25-60(47-59)85-61-39-40-63-62-26-17-18-27-70(62)84(73(63)48-61)74-49-68(78(7,8)9)66(50-81-74)54-22-15-14-16-23-54/h14-41,44-50H,42-43,51H2,1-13H3/i14D,15D,16D,17D,18D,22D,23D,26D,27D,36D,41D,44D. The first-order valence-electron chi connectivity index (χ1n) is 35.6. The van der Waals surface area contributed by atoms with Crippen LogP contribution in [-0.2, 0) is 27.1 Å². The fourth-order valence-electron chi connectivity index (χ4n) is 12.5. The molecule has 1 aliphatic carbocycles. The summed E-state index contributed by atoms with van der Waals surface area (Å²) in [5, 5.41) is 0.787. The minimum Gasteiger partial charge on any atom is -0.457 e. The summed E-state index contributed by atoms with van der Waals surface area (Å²) >= 11 is 0. The summed E-state index contributed by atoms with van der Waals surface area (Å²) in [6.45, 7) is 28.0. The Hall–Kier alpha value is -8.67. The van der Waals surface area contributed by atoms with E-state index in [2.05, 4.69) is 152 Å². The summed E-state index contributed by atoms with van der Waals surface area (Å²) < 4.78 is 119. The van der Waals surface area contributed by atoms with E-state index < -0.39 is 46.5 Å². The zero-order valence-electron chi connectivity index (χ0n) is 63.1. The van der Waals surface area contributed by atoms with Gasteiger partial charge in [0.15, 0.2) is 0 Å². The maximum atomic E-state index is 10.5. The topological polar surface area (TPSA) is 33.5 Å². The summed E-state index contributed by atoms with van der Waals surface area (Å²) in [5.41, 5.74) is 12.2. The summed E-state index contributed by atoms with van der Waals surface area (Å²) in [5.74, 6) is 1.15. The minimum absolute atomic E-state index is 0.00130. The molecule has 5 heteroatoms. The molecule has 0 fully saturated rings. The number of para-hydroxylation sites is 3. The fourth-order valence-corrected chi connectivity index (χ4v) is 12.5. The first kappa shape index (κ1) is 43.0. The second-order valence-corrected chi connectivity index (χ2v) is 27.5. The minimum atomic E-state index is -0.687. The predicted molar refractivity (Wildman–Crippen MR) is 360 cm³/mol. The molecule has 0 amide bonds. The lowest BCUT2D eigenvalue weighted by Gasteiger charge is -2.42. The molecule has 0 bridgehead atoms. The van der Waals surface area contributed by atoms with Gasteiger partial charge in [-0.15, -0.1) is 0 Å². The number of pyridine rings is 1. The summed E-state index contributed by atoms with van der Waals surface area (Å²) in [4.78, 5) is 9.42. The molecule has 0 spiro atoms. The highest BCUT2D eigenvalue weighted by Gasteiger charge is 2.39. The molecule has 0 saturated heterocycles. The third kappa shape index (κ3) is 10.2. The van der Waals surface area contributed by atoms with Crippen LogP contribution in [0.5, 0.6) is 11.5 Å². The Morgan fingerprint density at radius 3 is 1.76 bits per heavy atom. The number of ether oxygens (including phenoxy) is 1. The Morgan fingerprint density at radius 1 is 0.471 bits per heavy atom. The SMILES string of the molecule is [2H]c1c([2H])c([2H])c(-c2cnc(-n3c4cc(Oc5cccc(N6CN(c7c(-c8ccc(-c9ccc(C(C)(C)C)cc9)cc8)cc(C(C)(C)C)cc7-c7c([2H])c([2H])c8c(c7[2H])C(C)(C)CCC8(C)C)c7ccccc76)c5)ccc4c4c([2H])c([2H])c([2H])c([2H])c43)cc2C(C)(C)C)c([2H])c1[2H]. The molecule has 5 nitrogen and oxygen atoms in total. The highest BCUT2D eigenvalue weighted by molar-refractivity contribution is 6.09. The maximum absolute atomic E-state index is 10.5. The normalized spacial score (nSPS) is 16.9.